The zero-order chi connectivity index (χ0) is 21.6. The summed E-state index contributed by atoms with van der Waals surface area (Å²) in [5.74, 6) is -1.30. The van der Waals surface area contributed by atoms with Gasteiger partial charge in [0.1, 0.15) is 0 Å². The number of carbonyl (C=O) groups excluding carboxylic acids is 2. The van der Waals surface area contributed by atoms with Crippen LogP contribution < -0.4 is 18.9 Å². The van der Waals surface area contributed by atoms with Gasteiger partial charge in [-0.15, -0.1) is 0 Å². The number of carboxylic acid groups (broad SMARTS) is 1. The Morgan fingerprint density at radius 3 is 1.79 bits per heavy atom. The summed E-state index contributed by atoms with van der Waals surface area (Å²) in [4.78, 5) is 34.2. The highest BCUT2D eigenvalue weighted by atomic mass is 16.6. The molecule has 0 heterocycles. The molecule has 8 heteroatoms. The molecule has 0 aliphatic rings. The van der Waals surface area contributed by atoms with Crippen LogP contribution in [-0.2, 0) is 14.4 Å². The number of hydrogen-bond acceptors (Lipinski definition) is 7. The van der Waals surface area contributed by atoms with Crippen molar-refractivity contribution in [2.45, 2.75) is 13.8 Å². The number of carbonyl (C=O) groups is 3. The second kappa shape index (κ2) is 9.41. The predicted molar refractivity (Wildman–Crippen MR) is 104 cm³/mol. The molecular weight excluding hydrogens is 380 g/mol. The van der Waals surface area contributed by atoms with Crippen molar-refractivity contribution in [2.75, 3.05) is 14.2 Å². The molecule has 0 aliphatic heterocycles. The molecule has 0 amide bonds. The maximum atomic E-state index is 11.8. The van der Waals surface area contributed by atoms with E-state index in [0.29, 0.717) is 11.1 Å². The van der Waals surface area contributed by atoms with Crippen molar-refractivity contribution in [3.63, 3.8) is 0 Å². The summed E-state index contributed by atoms with van der Waals surface area (Å²) in [5, 5.41) is 9.67. The van der Waals surface area contributed by atoms with E-state index in [-0.39, 0.29) is 28.6 Å². The largest absolute Gasteiger partial charge is 0.493 e. The average molecular weight is 400 g/mol. The van der Waals surface area contributed by atoms with E-state index in [1.54, 1.807) is 12.1 Å². The van der Waals surface area contributed by atoms with Crippen molar-refractivity contribution in [2.24, 2.45) is 0 Å². The average Bonchev–Trinajstić information content (AvgIpc) is 2.66. The smallest absolute Gasteiger partial charge is 0.336 e. The molecule has 2 rings (SSSR count). The number of rotatable bonds is 7. The van der Waals surface area contributed by atoms with Crippen molar-refractivity contribution in [3.8, 4) is 23.0 Å². The third-order valence-electron chi connectivity index (χ3n) is 3.71. The van der Waals surface area contributed by atoms with Crippen LogP contribution >= 0.6 is 0 Å². The molecule has 0 unspecified atom stereocenters. The Balaban J connectivity index is 2.49. The number of hydrogen-bond donors (Lipinski definition) is 1. The SMILES string of the molecule is COc1cc(C=C(C(=O)O)c2ccc(OC(C)=O)c(OC)c2)ccc1OC(C)=O. The summed E-state index contributed by atoms with van der Waals surface area (Å²) in [6, 6.07) is 9.07. The van der Waals surface area contributed by atoms with E-state index in [1.165, 1.54) is 58.4 Å². The molecule has 152 valence electrons. The minimum absolute atomic E-state index is 0.0278. The van der Waals surface area contributed by atoms with E-state index in [9.17, 15) is 19.5 Å². The molecule has 0 atom stereocenters. The number of methoxy groups -OCH3 is 2. The van der Waals surface area contributed by atoms with Crippen LogP contribution in [0, 0.1) is 0 Å². The molecular formula is C21H20O8. The van der Waals surface area contributed by atoms with Gasteiger partial charge in [-0.25, -0.2) is 4.79 Å². The van der Waals surface area contributed by atoms with Gasteiger partial charge in [0.05, 0.1) is 19.8 Å². The molecule has 0 aliphatic carbocycles. The van der Waals surface area contributed by atoms with Gasteiger partial charge in [0.2, 0.25) is 0 Å². The molecule has 0 saturated carbocycles. The van der Waals surface area contributed by atoms with Gasteiger partial charge in [-0.1, -0.05) is 12.1 Å². The first-order valence-electron chi connectivity index (χ1n) is 8.43. The third kappa shape index (κ3) is 5.58. The molecule has 0 bridgehead atoms. The fourth-order valence-electron chi connectivity index (χ4n) is 2.52. The lowest BCUT2D eigenvalue weighted by molar-refractivity contribution is -0.132. The van der Waals surface area contributed by atoms with Gasteiger partial charge in [-0.3, -0.25) is 9.59 Å². The van der Waals surface area contributed by atoms with E-state index in [0.717, 1.165) is 0 Å². The quantitative estimate of drug-likeness (QED) is 0.327. The zero-order valence-corrected chi connectivity index (χ0v) is 16.3. The summed E-state index contributed by atoms with van der Waals surface area (Å²) in [6.07, 6.45) is 1.43. The lowest BCUT2D eigenvalue weighted by Crippen LogP contribution is -2.05. The monoisotopic (exact) mass is 400 g/mol. The van der Waals surface area contributed by atoms with Crippen molar-refractivity contribution >= 4 is 29.6 Å². The van der Waals surface area contributed by atoms with Gasteiger partial charge in [0, 0.05) is 13.8 Å². The highest BCUT2D eigenvalue weighted by Gasteiger charge is 2.16. The Morgan fingerprint density at radius 2 is 1.31 bits per heavy atom. The highest BCUT2D eigenvalue weighted by Crippen LogP contribution is 2.33. The summed E-state index contributed by atoms with van der Waals surface area (Å²) >= 11 is 0. The van der Waals surface area contributed by atoms with E-state index in [2.05, 4.69) is 0 Å². The van der Waals surface area contributed by atoms with Gasteiger partial charge in [-0.05, 0) is 41.5 Å². The Labute approximate surface area is 167 Å². The molecule has 2 aromatic rings. The molecule has 0 spiro atoms. The maximum absolute atomic E-state index is 11.8. The van der Waals surface area contributed by atoms with Crippen LogP contribution in [0.25, 0.3) is 11.6 Å². The fraction of sp³-hybridized carbons (Fsp3) is 0.190. The Bertz CT molecular complexity index is 975. The minimum Gasteiger partial charge on any atom is -0.493 e. The summed E-state index contributed by atoms with van der Waals surface area (Å²) < 4.78 is 20.5. The summed E-state index contributed by atoms with van der Waals surface area (Å²) in [6.45, 7) is 2.52. The molecule has 0 radical (unpaired) electrons. The van der Waals surface area contributed by atoms with E-state index in [1.807, 2.05) is 0 Å². The van der Waals surface area contributed by atoms with Crippen LogP contribution in [0.15, 0.2) is 36.4 Å². The first-order valence-corrected chi connectivity index (χ1v) is 8.43. The van der Waals surface area contributed by atoms with Crippen LogP contribution in [-0.4, -0.2) is 37.2 Å². The van der Waals surface area contributed by atoms with Crippen molar-refractivity contribution < 1.29 is 38.4 Å². The number of carboxylic acids is 1. The van der Waals surface area contributed by atoms with Crippen molar-refractivity contribution in [1.29, 1.82) is 0 Å². The zero-order valence-electron chi connectivity index (χ0n) is 16.3. The predicted octanol–water partition coefficient (Wildman–Crippen LogP) is 3.18. The first kappa shape index (κ1) is 21.5. The van der Waals surface area contributed by atoms with Crippen LogP contribution in [0.5, 0.6) is 23.0 Å². The van der Waals surface area contributed by atoms with Crippen molar-refractivity contribution in [1.82, 2.24) is 0 Å². The van der Waals surface area contributed by atoms with Crippen LogP contribution in [0.1, 0.15) is 25.0 Å². The molecule has 8 nitrogen and oxygen atoms in total. The van der Waals surface area contributed by atoms with Crippen LogP contribution in [0.3, 0.4) is 0 Å². The second-order valence-corrected chi connectivity index (χ2v) is 5.83. The highest BCUT2D eigenvalue weighted by molar-refractivity contribution is 6.20. The topological polar surface area (TPSA) is 108 Å². The molecule has 1 N–H and O–H groups in total. The van der Waals surface area contributed by atoms with Crippen molar-refractivity contribution in [3.05, 3.63) is 47.5 Å². The lowest BCUT2D eigenvalue weighted by Gasteiger charge is -2.11. The molecule has 2 aromatic carbocycles. The van der Waals surface area contributed by atoms with Gasteiger partial charge in [-0.2, -0.15) is 0 Å². The van der Waals surface area contributed by atoms with Gasteiger partial charge in [0.25, 0.3) is 0 Å². The Hall–Kier alpha value is -3.81. The van der Waals surface area contributed by atoms with Crippen LogP contribution in [0.2, 0.25) is 0 Å². The minimum atomic E-state index is -1.17. The van der Waals surface area contributed by atoms with E-state index >= 15 is 0 Å². The van der Waals surface area contributed by atoms with E-state index < -0.39 is 17.9 Å². The molecule has 0 aromatic heterocycles. The van der Waals surface area contributed by atoms with Gasteiger partial charge < -0.3 is 24.1 Å². The summed E-state index contributed by atoms with van der Waals surface area (Å²) in [7, 11) is 2.79. The number of benzene rings is 2. The van der Waals surface area contributed by atoms with Crippen LogP contribution in [0.4, 0.5) is 0 Å². The van der Waals surface area contributed by atoms with Gasteiger partial charge >= 0.3 is 17.9 Å². The third-order valence-corrected chi connectivity index (χ3v) is 3.71. The maximum Gasteiger partial charge on any atom is 0.336 e. The Morgan fingerprint density at radius 1 is 0.793 bits per heavy atom. The second-order valence-electron chi connectivity index (χ2n) is 5.83. The lowest BCUT2D eigenvalue weighted by atomic mass is 10.0. The molecule has 0 fully saturated rings. The standard InChI is InChI=1S/C21H20O8/c1-12(22)28-17-7-5-14(10-19(17)26-3)9-16(21(24)25)15-6-8-18(29-13(2)23)20(11-15)27-4/h5-11H,1-4H3,(H,24,25). The van der Waals surface area contributed by atoms with Gasteiger partial charge in [0.15, 0.2) is 23.0 Å². The molecule has 29 heavy (non-hydrogen) atoms. The fourth-order valence-corrected chi connectivity index (χ4v) is 2.52. The molecule has 0 saturated heterocycles. The number of esters is 2. The number of aliphatic carboxylic acids is 1. The van der Waals surface area contributed by atoms with E-state index in [4.69, 9.17) is 18.9 Å². The first-order chi connectivity index (χ1) is 13.7. The normalized spacial score (nSPS) is 10.8. The summed E-state index contributed by atoms with van der Waals surface area (Å²) in [5.41, 5.74) is 0.825. The number of ether oxygens (including phenoxy) is 4. The Kier molecular flexibility index (Phi) is 6.97.